The number of aryl methyl sites for hydroxylation is 2. The van der Waals surface area contributed by atoms with Crippen molar-refractivity contribution in [3.05, 3.63) is 37.2 Å². The molecule has 1 fully saturated rings. The zero-order valence-corrected chi connectivity index (χ0v) is 18.1. The molecule has 0 radical (unpaired) electrons. The Kier molecular flexibility index (Phi) is 5.04. The maximum Gasteiger partial charge on any atom is 0.259 e. The van der Waals surface area contributed by atoms with Gasteiger partial charge < -0.3 is 10.3 Å². The van der Waals surface area contributed by atoms with Gasteiger partial charge in [0.15, 0.2) is 10.6 Å². The minimum atomic E-state index is -0.0789. The molecule has 1 amide bonds. The molecule has 0 saturated heterocycles. The average Bonchev–Trinajstić information content (AvgIpc) is 3.13. The molecule has 29 heavy (non-hydrogen) atoms. The fraction of sp³-hybridized carbons (Fsp3) is 0.500. The fourth-order valence-electron chi connectivity index (χ4n) is 3.76. The van der Waals surface area contributed by atoms with E-state index in [1.54, 1.807) is 11.3 Å². The van der Waals surface area contributed by atoms with E-state index in [2.05, 4.69) is 25.5 Å². The van der Waals surface area contributed by atoms with E-state index in [1.165, 1.54) is 22.2 Å². The van der Waals surface area contributed by atoms with Gasteiger partial charge in [-0.2, -0.15) is 5.10 Å². The lowest BCUT2D eigenvalue weighted by molar-refractivity contribution is -0.118. The first-order chi connectivity index (χ1) is 14.1. The number of thiophene rings is 1. The number of hydrogen-bond donors (Lipinski definition) is 3. The van der Waals surface area contributed by atoms with Crippen LogP contribution < -0.4 is 10.9 Å². The topological polar surface area (TPSA) is 108 Å². The van der Waals surface area contributed by atoms with Crippen LogP contribution in [0.3, 0.4) is 0 Å². The normalized spacial score (nSPS) is 15.7. The number of aromatic nitrogens is 5. The standard InChI is InChI=1S/C18H20N6O2S3/c25-14(19-6-13-22-23-18(27)24(13)9-4-5-9)8-28-7-12-20-16(26)15-10-2-1-3-11(10)29-17(15)21-12/h9H,1-8H2,(H,19,25)(H,23,27)(H,20,21,26). The Labute approximate surface area is 179 Å². The van der Waals surface area contributed by atoms with Gasteiger partial charge in [0.2, 0.25) is 5.91 Å². The van der Waals surface area contributed by atoms with E-state index >= 15 is 0 Å². The summed E-state index contributed by atoms with van der Waals surface area (Å²) >= 11 is 8.31. The third kappa shape index (κ3) is 3.78. The van der Waals surface area contributed by atoms with Crippen LogP contribution in [0.4, 0.5) is 0 Å². The molecule has 0 aliphatic heterocycles. The fourth-order valence-corrected chi connectivity index (χ4v) is 6.06. The predicted molar refractivity (Wildman–Crippen MR) is 116 cm³/mol. The van der Waals surface area contributed by atoms with E-state index in [4.69, 9.17) is 12.2 Å². The number of nitrogens with zero attached hydrogens (tertiary/aromatic N) is 3. The maximum absolute atomic E-state index is 12.5. The summed E-state index contributed by atoms with van der Waals surface area (Å²) in [6, 6.07) is 0.416. The van der Waals surface area contributed by atoms with Crippen LogP contribution in [0.2, 0.25) is 0 Å². The highest BCUT2D eigenvalue weighted by Crippen LogP contribution is 2.36. The molecular formula is C18H20N6O2S3. The van der Waals surface area contributed by atoms with Crippen LogP contribution in [0.5, 0.6) is 0 Å². The summed E-state index contributed by atoms with van der Waals surface area (Å²) in [4.78, 5) is 34.3. The van der Waals surface area contributed by atoms with Gasteiger partial charge in [0.25, 0.3) is 5.56 Å². The van der Waals surface area contributed by atoms with Crippen LogP contribution in [0.25, 0.3) is 10.2 Å². The first-order valence-corrected chi connectivity index (χ1v) is 12.0. The zero-order chi connectivity index (χ0) is 20.0. The Hall–Kier alpha value is -1.98. The minimum Gasteiger partial charge on any atom is -0.348 e. The molecule has 3 aromatic rings. The predicted octanol–water partition coefficient (Wildman–Crippen LogP) is 2.61. The summed E-state index contributed by atoms with van der Waals surface area (Å²) in [7, 11) is 0. The first-order valence-electron chi connectivity index (χ1n) is 9.64. The monoisotopic (exact) mass is 448 g/mol. The van der Waals surface area contributed by atoms with Gasteiger partial charge in [-0.1, -0.05) is 0 Å². The zero-order valence-electron chi connectivity index (χ0n) is 15.6. The highest BCUT2D eigenvalue weighted by molar-refractivity contribution is 7.99. The van der Waals surface area contributed by atoms with Crippen LogP contribution in [0.15, 0.2) is 4.79 Å². The quantitative estimate of drug-likeness (QED) is 0.480. The molecule has 0 spiro atoms. The second-order valence-corrected chi connectivity index (χ2v) is 9.82. The van der Waals surface area contributed by atoms with Crippen LogP contribution in [-0.4, -0.2) is 36.4 Å². The van der Waals surface area contributed by atoms with Crippen molar-refractivity contribution in [1.29, 1.82) is 0 Å². The Morgan fingerprint density at radius 2 is 2.24 bits per heavy atom. The second-order valence-electron chi connectivity index (χ2n) is 7.37. The molecule has 3 N–H and O–H groups in total. The summed E-state index contributed by atoms with van der Waals surface area (Å²) in [6.07, 6.45) is 5.35. The molecule has 0 bridgehead atoms. The SMILES string of the molecule is O=C(CSCc1nc2sc3c(c2c(=O)[nH]1)CCC3)NCc1n[nH]c(=S)n1C1CC1. The van der Waals surface area contributed by atoms with E-state index in [-0.39, 0.29) is 17.2 Å². The molecule has 0 aromatic carbocycles. The summed E-state index contributed by atoms with van der Waals surface area (Å²) < 4.78 is 2.60. The van der Waals surface area contributed by atoms with E-state index in [0.717, 1.165) is 48.1 Å². The van der Waals surface area contributed by atoms with Gasteiger partial charge in [-0.05, 0) is 49.9 Å². The molecular weight excluding hydrogens is 428 g/mol. The molecule has 0 unspecified atom stereocenters. The molecule has 5 rings (SSSR count). The number of fused-ring (bicyclic) bond motifs is 3. The molecule has 0 atom stereocenters. The number of carbonyl (C=O) groups excluding carboxylic acids is 1. The Morgan fingerprint density at radius 1 is 1.38 bits per heavy atom. The molecule has 11 heteroatoms. The third-order valence-electron chi connectivity index (χ3n) is 5.23. The number of aromatic amines is 2. The molecule has 3 aromatic heterocycles. The van der Waals surface area contributed by atoms with Crippen LogP contribution in [0, 0.1) is 4.77 Å². The summed E-state index contributed by atoms with van der Waals surface area (Å²) in [5.74, 6) is 2.08. The van der Waals surface area contributed by atoms with Gasteiger partial charge in [-0.25, -0.2) is 4.98 Å². The number of nitrogens with one attached hydrogen (secondary N) is 3. The lowest BCUT2D eigenvalue weighted by Gasteiger charge is -2.07. The van der Waals surface area contributed by atoms with Crippen LogP contribution in [0.1, 0.15) is 47.4 Å². The van der Waals surface area contributed by atoms with Gasteiger partial charge in [0.05, 0.1) is 23.4 Å². The molecule has 152 valence electrons. The summed E-state index contributed by atoms with van der Waals surface area (Å²) in [6.45, 7) is 0.352. The Bertz CT molecular complexity index is 1200. The Morgan fingerprint density at radius 3 is 3.07 bits per heavy atom. The molecule has 3 heterocycles. The number of carbonyl (C=O) groups is 1. The third-order valence-corrected chi connectivity index (χ3v) is 7.65. The van der Waals surface area contributed by atoms with Crippen molar-refractivity contribution in [1.82, 2.24) is 30.0 Å². The summed E-state index contributed by atoms with van der Waals surface area (Å²) in [5, 5.41) is 10.7. The lowest BCUT2D eigenvalue weighted by Crippen LogP contribution is -2.26. The molecule has 2 aliphatic rings. The molecule has 1 saturated carbocycles. The minimum absolute atomic E-state index is 0.0580. The van der Waals surface area contributed by atoms with E-state index < -0.39 is 0 Å². The highest BCUT2D eigenvalue weighted by atomic mass is 32.2. The molecule has 2 aliphatic carbocycles. The van der Waals surface area contributed by atoms with Gasteiger partial charge in [-0.15, -0.1) is 23.1 Å². The van der Waals surface area contributed by atoms with Crippen molar-refractivity contribution < 1.29 is 4.79 Å². The van der Waals surface area contributed by atoms with Crippen LogP contribution >= 0.6 is 35.3 Å². The van der Waals surface area contributed by atoms with Gasteiger partial charge in [-0.3, -0.25) is 19.3 Å². The smallest absolute Gasteiger partial charge is 0.259 e. The first kappa shape index (κ1) is 19.0. The van der Waals surface area contributed by atoms with Crippen molar-refractivity contribution in [3.63, 3.8) is 0 Å². The lowest BCUT2D eigenvalue weighted by atomic mass is 10.2. The largest absolute Gasteiger partial charge is 0.348 e. The number of thioether (sulfide) groups is 1. The number of rotatable bonds is 7. The van der Waals surface area contributed by atoms with Crippen molar-refractivity contribution >= 4 is 51.4 Å². The van der Waals surface area contributed by atoms with Crippen molar-refractivity contribution in [2.24, 2.45) is 0 Å². The summed E-state index contributed by atoms with van der Waals surface area (Å²) in [5.41, 5.74) is 1.12. The molecule has 8 nitrogen and oxygen atoms in total. The van der Waals surface area contributed by atoms with Gasteiger partial charge in [0.1, 0.15) is 10.7 Å². The van der Waals surface area contributed by atoms with E-state index in [1.807, 2.05) is 4.57 Å². The number of amides is 1. The van der Waals surface area contributed by atoms with Crippen LogP contribution in [-0.2, 0) is 29.9 Å². The van der Waals surface area contributed by atoms with Gasteiger partial charge >= 0.3 is 0 Å². The van der Waals surface area contributed by atoms with Gasteiger partial charge in [0, 0.05) is 10.9 Å². The van der Waals surface area contributed by atoms with E-state index in [9.17, 15) is 9.59 Å². The second kappa shape index (κ2) is 7.69. The van der Waals surface area contributed by atoms with Crippen molar-refractivity contribution in [2.75, 3.05) is 5.75 Å². The Balaban J connectivity index is 1.17. The number of hydrogen-bond acceptors (Lipinski definition) is 7. The maximum atomic E-state index is 12.5. The number of H-pyrrole nitrogens is 2. The van der Waals surface area contributed by atoms with E-state index in [0.29, 0.717) is 28.9 Å². The average molecular weight is 449 g/mol. The van der Waals surface area contributed by atoms with Crippen molar-refractivity contribution in [3.8, 4) is 0 Å². The van der Waals surface area contributed by atoms with Crippen molar-refractivity contribution in [2.45, 2.75) is 50.4 Å². The highest BCUT2D eigenvalue weighted by Gasteiger charge is 2.27.